The zero-order chi connectivity index (χ0) is 24.6. The molecule has 0 bridgehead atoms. The molecule has 2 aliphatic rings. The van der Waals surface area contributed by atoms with Crippen LogP contribution in [0.3, 0.4) is 0 Å². The summed E-state index contributed by atoms with van der Waals surface area (Å²) in [7, 11) is 1.57. The summed E-state index contributed by atoms with van der Waals surface area (Å²) in [6, 6.07) is 21.3. The molecule has 35 heavy (non-hydrogen) atoms. The Bertz CT molecular complexity index is 1360. The Kier molecular flexibility index (Phi) is 6.05. The van der Waals surface area contributed by atoms with E-state index in [4.69, 9.17) is 16.3 Å². The number of nitriles is 1. The highest BCUT2D eigenvalue weighted by Crippen LogP contribution is 2.55. The molecule has 0 aromatic heterocycles. The third kappa shape index (κ3) is 3.97. The van der Waals surface area contributed by atoms with Gasteiger partial charge in [0.2, 0.25) is 0 Å². The number of urea groups is 1. The lowest BCUT2D eigenvalue weighted by Crippen LogP contribution is -2.51. The fourth-order valence-corrected chi connectivity index (χ4v) is 6.10. The van der Waals surface area contributed by atoms with E-state index >= 15 is 0 Å². The Balaban J connectivity index is 1.54. The lowest BCUT2D eigenvalue weighted by Gasteiger charge is -2.33. The standard InChI is InChI=1S/C26H21ClN4O3S/c1-34-21-9-10-23-22(14-21)26(24(32)30(23)16-18-4-2-3-17(13-18)15-28)31(11-12-35-26)25(33)29-20-7-5-19(27)6-8-20/h2-10,13-14H,11-12,16H2,1H3,(H,29,33)/t26-/m1/s1. The first-order chi connectivity index (χ1) is 17.0. The monoisotopic (exact) mass is 504 g/mol. The summed E-state index contributed by atoms with van der Waals surface area (Å²) in [5.41, 5.74) is 3.38. The van der Waals surface area contributed by atoms with Crippen molar-refractivity contribution in [3.63, 3.8) is 0 Å². The van der Waals surface area contributed by atoms with Gasteiger partial charge >= 0.3 is 6.03 Å². The number of carbonyl (C=O) groups is 2. The van der Waals surface area contributed by atoms with Gasteiger partial charge in [0.25, 0.3) is 5.91 Å². The number of fused-ring (bicyclic) bond motifs is 2. The van der Waals surface area contributed by atoms with Crippen LogP contribution in [0.1, 0.15) is 16.7 Å². The van der Waals surface area contributed by atoms with Crippen LogP contribution in [0.2, 0.25) is 5.02 Å². The molecular weight excluding hydrogens is 484 g/mol. The van der Waals surface area contributed by atoms with Gasteiger partial charge in [0.05, 0.1) is 31.0 Å². The largest absolute Gasteiger partial charge is 0.497 e. The summed E-state index contributed by atoms with van der Waals surface area (Å²) in [4.78, 5) is 29.6. The zero-order valence-corrected chi connectivity index (χ0v) is 20.4. The summed E-state index contributed by atoms with van der Waals surface area (Å²) in [6.45, 7) is 0.687. The van der Waals surface area contributed by atoms with E-state index in [1.165, 1.54) is 11.8 Å². The lowest BCUT2D eigenvalue weighted by atomic mass is 10.1. The molecule has 2 aliphatic heterocycles. The predicted octanol–water partition coefficient (Wildman–Crippen LogP) is 5.20. The van der Waals surface area contributed by atoms with E-state index in [9.17, 15) is 14.9 Å². The van der Waals surface area contributed by atoms with Crippen LogP contribution in [0.15, 0.2) is 66.7 Å². The van der Waals surface area contributed by atoms with Gasteiger partial charge in [-0.1, -0.05) is 23.7 Å². The maximum absolute atomic E-state index is 14.1. The first-order valence-electron chi connectivity index (χ1n) is 10.9. The number of methoxy groups -OCH3 is 1. The van der Waals surface area contributed by atoms with E-state index in [-0.39, 0.29) is 18.5 Å². The van der Waals surface area contributed by atoms with Crippen molar-refractivity contribution in [3.8, 4) is 11.8 Å². The van der Waals surface area contributed by atoms with Gasteiger partial charge in [-0.15, -0.1) is 11.8 Å². The van der Waals surface area contributed by atoms with Crippen LogP contribution in [0.5, 0.6) is 5.75 Å². The average Bonchev–Trinajstić information content (AvgIpc) is 3.42. The Morgan fingerprint density at radius 2 is 2.00 bits per heavy atom. The zero-order valence-electron chi connectivity index (χ0n) is 18.8. The van der Waals surface area contributed by atoms with Crippen molar-refractivity contribution >= 4 is 46.7 Å². The molecule has 1 N–H and O–H groups in total. The highest BCUT2D eigenvalue weighted by molar-refractivity contribution is 8.01. The molecule has 3 aromatic rings. The maximum atomic E-state index is 14.1. The Morgan fingerprint density at radius 1 is 1.20 bits per heavy atom. The highest BCUT2D eigenvalue weighted by Gasteiger charge is 2.59. The molecule has 0 unspecified atom stereocenters. The third-order valence-corrected chi connectivity index (χ3v) is 7.81. The molecule has 9 heteroatoms. The van der Waals surface area contributed by atoms with Crippen LogP contribution >= 0.6 is 23.4 Å². The minimum absolute atomic E-state index is 0.197. The Hall–Kier alpha value is -3.67. The average molecular weight is 505 g/mol. The highest BCUT2D eigenvalue weighted by atomic mass is 35.5. The van der Waals surface area contributed by atoms with Crippen LogP contribution in [-0.2, 0) is 16.2 Å². The van der Waals surface area contributed by atoms with E-state index in [1.54, 1.807) is 59.4 Å². The number of thioether (sulfide) groups is 1. The summed E-state index contributed by atoms with van der Waals surface area (Å²) >= 11 is 7.41. The second kappa shape index (κ2) is 9.17. The van der Waals surface area contributed by atoms with Crippen LogP contribution in [-0.4, -0.2) is 36.2 Å². The number of hydrogen-bond donors (Lipinski definition) is 1. The van der Waals surface area contributed by atoms with Crippen molar-refractivity contribution < 1.29 is 14.3 Å². The third-order valence-electron chi connectivity index (χ3n) is 6.14. The number of amides is 3. The van der Waals surface area contributed by atoms with Gasteiger partial charge in [0, 0.05) is 28.6 Å². The summed E-state index contributed by atoms with van der Waals surface area (Å²) in [5, 5.41) is 12.8. The molecule has 176 valence electrons. The summed E-state index contributed by atoms with van der Waals surface area (Å²) in [6.07, 6.45) is 0. The van der Waals surface area contributed by atoms with Crippen molar-refractivity contribution in [3.05, 3.63) is 88.4 Å². The SMILES string of the molecule is COc1ccc2c(c1)[C@@]1(SCCN1C(=O)Nc1ccc(Cl)cc1)C(=O)N2Cc1cccc(C#N)c1. The molecular formula is C26H21ClN4O3S. The number of nitrogens with zero attached hydrogens (tertiary/aromatic N) is 3. The minimum atomic E-state index is -1.22. The van der Waals surface area contributed by atoms with E-state index < -0.39 is 4.87 Å². The minimum Gasteiger partial charge on any atom is -0.497 e. The fraction of sp³-hybridized carbons (Fsp3) is 0.192. The summed E-state index contributed by atoms with van der Waals surface area (Å²) in [5.74, 6) is 1.01. The molecule has 1 fully saturated rings. The van der Waals surface area contributed by atoms with Crippen LogP contribution in [0.25, 0.3) is 0 Å². The molecule has 1 spiro atoms. The number of ether oxygens (including phenoxy) is 1. The van der Waals surface area contributed by atoms with E-state index in [0.29, 0.717) is 39.9 Å². The number of hydrogen-bond acceptors (Lipinski definition) is 5. The van der Waals surface area contributed by atoms with Crippen LogP contribution in [0.4, 0.5) is 16.2 Å². The van der Waals surface area contributed by atoms with Gasteiger partial charge in [0.1, 0.15) is 5.75 Å². The number of benzene rings is 3. The molecule has 7 nitrogen and oxygen atoms in total. The normalized spacial score (nSPS) is 18.5. The predicted molar refractivity (Wildman–Crippen MR) is 137 cm³/mol. The van der Waals surface area contributed by atoms with Gasteiger partial charge in [-0.3, -0.25) is 9.69 Å². The number of carbonyl (C=O) groups excluding carboxylic acids is 2. The second-order valence-electron chi connectivity index (χ2n) is 8.17. The van der Waals surface area contributed by atoms with Gasteiger partial charge in [-0.2, -0.15) is 5.26 Å². The quantitative estimate of drug-likeness (QED) is 0.527. The molecule has 1 saturated heterocycles. The number of anilines is 2. The summed E-state index contributed by atoms with van der Waals surface area (Å²) < 4.78 is 5.46. The van der Waals surface area contributed by atoms with E-state index in [2.05, 4.69) is 11.4 Å². The number of rotatable bonds is 4. The molecule has 0 aliphatic carbocycles. The van der Waals surface area contributed by atoms with E-state index in [1.807, 2.05) is 24.3 Å². The Labute approximate surface area is 212 Å². The first kappa shape index (κ1) is 23.1. The van der Waals surface area contributed by atoms with E-state index in [0.717, 1.165) is 11.3 Å². The van der Waals surface area contributed by atoms with Crippen molar-refractivity contribution in [1.29, 1.82) is 5.26 Å². The molecule has 0 radical (unpaired) electrons. The van der Waals surface area contributed by atoms with Gasteiger partial charge in [0.15, 0.2) is 4.87 Å². The first-order valence-corrected chi connectivity index (χ1v) is 12.3. The molecule has 1 atom stereocenters. The Morgan fingerprint density at radius 3 is 2.74 bits per heavy atom. The number of nitrogens with one attached hydrogen (secondary N) is 1. The van der Waals surface area contributed by atoms with Gasteiger partial charge < -0.3 is 15.0 Å². The number of halogens is 1. The van der Waals surface area contributed by atoms with Crippen molar-refractivity contribution in [2.45, 2.75) is 11.4 Å². The lowest BCUT2D eigenvalue weighted by molar-refractivity contribution is -0.123. The smallest absolute Gasteiger partial charge is 0.323 e. The molecule has 0 saturated carbocycles. The van der Waals surface area contributed by atoms with Crippen LogP contribution in [0, 0.1) is 11.3 Å². The van der Waals surface area contributed by atoms with Crippen molar-refractivity contribution in [2.24, 2.45) is 0 Å². The molecule has 5 rings (SSSR count). The van der Waals surface area contributed by atoms with Crippen molar-refractivity contribution in [1.82, 2.24) is 4.90 Å². The fourth-order valence-electron chi connectivity index (χ4n) is 4.52. The van der Waals surface area contributed by atoms with Gasteiger partial charge in [-0.25, -0.2) is 4.79 Å². The molecule has 3 amide bonds. The molecule has 3 aromatic carbocycles. The van der Waals surface area contributed by atoms with Crippen LogP contribution < -0.4 is 15.0 Å². The topological polar surface area (TPSA) is 85.7 Å². The maximum Gasteiger partial charge on any atom is 0.323 e. The van der Waals surface area contributed by atoms with Crippen molar-refractivity contribution in [2.75, 3.05) is 29.6 Å². The molecule has 2 heterocycles. The second-order valence-corrected chi connectivity index (χ2v) is 9.89. The van der Waals surface area contributed by atoms with Gasteiger partial charge in [-0.05, 0) is 60.2 Å².